The van der Waals surface area contributed by atoms with Crippen LogP contribution in [-0.2, 0) is 4.79 Å². The second-order valence-corrected chi connectivity index (χ2v) is 6.86. The zero-order valence-corrected chi connectivity index (χ0v) is 14.3. The first kappa shape index (κ1) is 17.0. The van der Waals surface area contributed by atoms with Gasteiger partial charge in [0.2, 0.25) is 5.91 Å². The number of rotatable bonds is 6. The van der Waals surface area contributed by atoms with Gasteiger partial charge in [0.05, 0.1) is 6.54 Å². The number of carbonyl (C=O) groups excluding carboxylic acids is 1. The molecule has 0 saturated carbocycles. The van der Waals surface area contributed by atoms with Crippen molar-refractivity contribution < 1.29 is 4.79 Å². The van der Waals surface area contributed by atoms with E-state index in [0.29, 0.717) is 6.54 Å². The lowest BCUT2D eigenvalue weighted by atomic mass is 9.89. The van der Waals surface area contributed by atoms with Gasteiger partial charge in [-0.1, -0.05) is 32.0 Å². The molecule has 1 heterocycles. The van der Waals surface area contributed by atoms with E-state index in [2.05, 4.69) is 29.4 Å². The van der Waals surface area contributed by atoms with Crippen molar-refractivity contribution in [2.45, 2.75) is 34.1 Å². The molecule has 1 amide bonds. The first-order chi connectivity index (χ1) is 10.4. The van der Waals surface area contributed by atoms with E-state index >= 15 is 0 Å². The number of hydrogen-bond acceptors (Lipinski definition) is 3. The first-order valence-corrected chi connectivity index (χ1v) is 8.23. The number of nitrogens with one attached hydrogen (secondary N) is 2. The summed E-state index contributed by atoms with van der Waals surface area (Å²) in [5.41, 5.74) is 3.47. The Morgan fingerprint density at radius 1 is 1.36 bits per heavy atom. The fourth-order valence-electron chi connectivity index (χ4n) is 3.22. The number of para-hydroxylation sites is 1. The number of benzene rings is 1. The van der Waals surface area contributed by atoms with E-state index in [1.807, 2.05) is 32.0 Å². The molecule has 2 N–H and O–H groups in total. The molecule has 4 heteroatoms. The van der Waals surface area contributed by atoms with Crippen LogP contribution in [0.25, 0.3) is 0 Å². The Morgan fingerprint density at radius 3 is 2.59 bits per heavy atom. The molecule has 1 atom stereocenters. The smallest absolute Gasteiger partial charge is 0.238 e. The summed E-state index contributed by atoms with van der Waals surface area (Å²) in [5, 5.41) is 6.51. The second kappa shape index (κ2) is 7.25. The van der Waals surface area contributed by atoms with Gasteiger partial charge < -0.3 is 10.6 Å². The minimum absolute atomic E-state index is 0.0776. The summed E-state index contributed by atoms with van der Waals surface area (Å²) in [7, 11) is 0. The summed E-state index contributed by atoms with van der Waals surface area (Å²) in [5.74, 6) is 0.0776. The quantitative estimate of drug-likeness (QED) is 0.849. The van der Waals surface area contributed by atoms with Gasteiger partial charge in [0.15, 0.2) is 0 Å². The Hall–Kier alpha value is -1.39. The molecule has 22 heavy (non-hydrogen) atoms. The Bertz CT molecular complexity index is 501. The number of aryl methyl sites for hydroxylation is 2. The molecule has 0 bridgehead atoms. The average Bonchev–Trinajstić information content (AvgIpc) is 2.89. The lowest BCUT2D eigenvalue weighted by Gasteiger charge is -2.30. The molecular weight excluding hydrogens is 274 g/mol. The summed E-state index contributed by atoms with van der Waals surface area (Å²) >= 11 is 0. The minimum Gasteiger partial charge on any atom is -0.324 e. The number of amides is 1. The van der Waals surface area contributed by atoms with Crippen LogP contribution in [0.4, 0.5) is 5.69 Å². The highest BCUT2D eigenvalue weighted by atomic mass is 16.2. The summed E-state index contributed by atoms with van der Waals surface area (Å²) in [6.07, 6.45) is 1.18. The monoisotopic (exact) mass is 303 g/mol. The fourth-order valence-corrected chi connectivity index (χ4v) is 3.22. The van der Waals surface area contributed by atoms with E-state index in [-0.39, 0.29) is 11.3 Å². The Morgan fingerprint density at radius 2 is 2.05 bits per heavy atom. The van der Waals surface area contributed by atoms with Gasteiger partial charge in [0, 0.05) is 18.8 Å². The van der Waals surface area contributed by atoms with Crippen LogP contribution in [0.1, 0.15) is 31.4 Å². The van der Waals surface area contributed by atoms with Crippen LogP contribution in [0.3, 0.4) is 0 Å². The molecular formula is C18H29N3O. The molecule has 1 saturated heterocycles. The summed E-state index contributed by atoms with van der Waals surface area (Å²) in [6, 6.07) is 6.09. The van der Waals surface area contributed by atoms with Crippen molar-refractivity contribution in [1.29, 1.82) is 0 Å². The zero-order valence-electron chi connectivity index (χ0n) is 14.3. The molecule has 2 rings (SSSR count). The van der Waals surface area contributed by atoms with Gasteiger partial charge in [-0.25, -0.2) is 0 Å². The highest BCUT2D eigenvalue weighted by Gasteiger charge is 2.30. The van der Waals surface area contributed by atoms with E-state index in [4.69, 9.17) is 0 Å². The second-order valence-electron chi connectivity index (χ2n) is 6.86. The van der Waals surface area contributed by atoms with Gasteiger partial charge in [-0.05, 0) is 49.9 Å². The minimum atomic E-state index is 0.0776. The lowest BCUT2D eigenvalue weighted by Crippen LogP contribution is -2.41. The van der Waals surface area contributed by atoms with E-state index in [0.717, 1.165) is 43.0 Å². The van der Waals surface area contributed by atoms with Gasteiger partial charge in [-0.15, -0.1) is 0 Å². The Balaban J connectivity index is 1.94. The Kier molecular flexibility index (Phi) is 5.59. The van der Waals surface area contributed by atoms with Gasteiger partial charge in [-0.3, -0.25) is 9.69 Å². The maximum absolute atomic E-state index is 12.4. The van der Waals surface area contributed by atoms with Crippen molar-refractivity contribution in [2.75, 3.05) is 38.0 Å². The molecule has 0 aliphatic carbocycles. The van der Waals surface area contributed by atoms with Gasteiger partial charge in [0.1, 0.15) is 0 Å². The van der Waals surface area contributed by atoms with Crippen LogP contribution in [0.5, 0.6) is 0 Å². The largest absolute Gasteiger partial charge is 0.324 e. The molecule has 0 spiro atoms. The van der Waals surface area contributed by atoms with Crippen LogP contribution >= 0.6 is 0 Å². The maximum Gasteiger partial charge on any atom is 0.238 e. The molecule has 1 aromatic carbocycles. The number of carbonyl (C=O) groups is 1. The predicted molar refractivity (Wildman–Crippen MR) is 92.3 cm³/mol. The van der Waals surface area contributed by atoms with Crippen molar-refractivity contribution >= 4 is 11.6 Å². The van der Waals surface area contributed by atoms with Crippen molar-refractivity contribution in [2.24, 2.45) is 5.41 Å². The normalized spacial score (nSPS) is 21.3. The first-order valence-electron chi connectivity index (χ1n) is 8.23. The Labute approximate surface area is 134 Å². The van der Waals surface area contributed by atoms with Crippen molar-refractivity contribution in [3.63, 3.8) is 0 Å². The van der Waals surface area contributed by atoms with E-state index in [9.17, 15) is 4.79 Å². The third kappa shape index (κ3) is 4.31. The highest BCUT2D eigenvalue weighted by Crippen LogP contribution is 2.25. The number of nitrogens with zero attached hydrogens (tertiary/aromatic N) is 1. The third-order valence-electron chi connectivity index (χ3n) is 4.62. The molecule has 0 aromatic heterocycles. The van der Waals surface area contributed by atoms with Crippen molar-refractivity contribution in [1.82, 2.24) is 10.2 Å². The SMILES string of the molecule is CCN(CC(=O)Nc1c(C)cccc1C)CC1(C)CCNC1. The number of hydrogen-bond donors (Lipinski definition) is 2. The van der Waals surface area contributed by atoms with Crippen LogP contribution < -0.4 is 10.6 Å². The molecule has 1 aromatic rings. The van der Waals surface area contributed by atoms with Crippen LogP contribution in [0.2, 0.25) is 0 Å². The molecule has 1 unspecified atom stereocenters. The molecule has 1 fully saturated rings. The third-order valence-corrected chi connectivity index (χ3v) is 4.62. The highest BCUT2D eigenvalue weighted by molar-refractivity contribution is 5.93. The average molecular weight is 303 g/mol. The molecule has 122 valence electrons. The number of likely N-dealkylation sites (N-methyl/N-ethyl adjacent to an activating group) is 1. The van der Waals surface area contributed by atoms with Gasteiger partial charge >= 0.3 is 0 Å². The molecule has 1 aliphatic rings. The van der Waals surface area contributed by atoms with E-state index in [1.54, 1.807) is 0 Å². The van der Waals surface area contributed by atoms with Crippen LogP contribution in [-0.4, -0.2) is 43.5 Å². The van der Waals surface area contributed by atoms with Gasteiger partial charge in [0.25, 0.3) is 0 Å². The standard InChI is InChI=1S/C18H29N3O/c1-5-21(13-18(4)9-10-19-12-18)11-16(22)20-17-14(2)7-6-8-15(17)3/h6-8,19H,5,9-13H2,1-4H3,(H,20,22). The topological polar surface area (TPSA) is 44.4 Å². The molecule has 4 nitrogen and oxygen atoms in total. The summed E-state index contributed by atoms with van der Waals surface area (Å²) < 4.78 is 0. The lowest BCUT2D eigenvalue weighted by molar-refractivity contribution is -0.117. The molecule has 0 radical (unpaired) electrons. The van der Waals surface area contributed by atoms with Crippen molar-refractivity contribution in [3.05, 3.63) is 29.3 Å². The summed E-state index contributed by atoms with van der Waals surface area (Å²) in [6.45, 7) is 12.9. The van der Waals surface area contributed by atoms with Crippen LogP contribution in [0, 0.1) is 19.3 Å². The van der Waals surface area contributed by atoms with E-state index < -0.39 is 0 Å². The van der Waals surface area contributed by atoms with Crippen molar-refractivity contribution in [3.8, 4) is 0 Å². The van der Waals surface area contributed by atoms with Gasteiger partial charge in [-0.2, -0.15) is 0 Å². The predicted octanol–water partition coefficient (Wildman–Crippen LogP) is 2.56. The van der Waals surface area contributed by atoms with Crippen LogP contribution in [0.15, 0.2) is 18.2 Å². The fraction of sp³-hybridized carbons (Fsp3) is 0.611. The maximum atomic E-state index is 12.4. The zero-order chi connectivity index (χ0) is 16.2. The summed E-state index contributed by atoms with van der Waals surface area (Å²) in [4.78, 5) is 14.6. The van der Waals surface area contributed by atoms with E-state index in [1.165, 1.54) is 6.42 Å². The number of anilines is 1. The molecule has 1 aliphatic heterocycles.